The van der Waals surface area contributed by atoms with Gasteiger partial charge in [0.2, 0.25) is 11.8 Å². The number of amides is 4. The van der Waals surface area contributed by atoms with Gasteiger partial charge in [-0.25, -0.2) is 9.80 Å². The maximum Gasteiger partial charge on any atom is 0.315 e. The van der Waals surface area contributed by atoms with E-state index in [1.54, 1.807) is 7.05 Å². The fraction of sp³-hybridized carbons (Fsp3) is 0.842. The number of thioether (sulfide) groups is 1. The van der Waals surface area contributed by atoms with Crippen LogP contribution in [0.25, 0.3) is 0 Å². The van der Waals surface area contributed by atoms with Gasteiger partial charge in [-0.1, -0.05) is 12.8 Å². The Labute approximate surface area is 183 Å². The number of carbonyl (C=O) groups is 3. The Bertz CT molecular complexity index is 580. The largest absolute Gasteiger partial charge is 0.358 e. The van der Waals surface area contributed by atoms with E-state index in [4.69, 9.17) is 11.6 Å². The van der Waals surface area contributed by atoms with Gasteiger partial charge in [0.1, 0.15) is 0 Å². The summed E-state index contributed by atoms with van der Waals surface area (Å²) in [7, 11) is 1.57. The van der Waals surface area contributed by atoms with Crippen LogP contribution in [0, 0.1) is 0 Å². The zero-order valence-corrected chi connectivity index (χ0v) is 18.6. The number of hydrazine groups is 1. The summed E-state index contributed by atoms with van der Waals surface area (Å²) in [5.41, 5.74) is 6.04. The minimum absolute atomic E-state index is 0.0557. The molecule has 4 atom stereocenters. The molecule has 0 spiro atoms. The van der Waals surface area contributed by atoms with Crippen LogP contribution in [0.5, 0.6) is 0 Å². The predicted octanol–water partition coefficient (Wildman–Crippen LogP) is -0.752. The Morgan fingerprint density at radius 1 is 1.23 bits per heavy atom. The maximum atomic E-state index is 12.0. The van der Waals surface area contributed by atoms with Gasteiger partial charge in [0.25, 0.3) is 0 Å². The van der Waals surface area contributed by atoms with Crippen LogP contribution in [-0.4, -0.2) is 78.7 Å². The first-order valence-corrected chi connectivity index (χ1v) is 11.8. The second kappa shape index (κ2) is 13.0. The Morgan fingerprint density at radius 3 is 2.80 bits per heavy atom. The third-order valence-corrected chi connectivity index (χ3v) is 7.01. The number of hydrogen-bond donors (Lipinski definition) is 6. The molecule has 11 heteroatoms. The highest BCUT2D eigenvalue weighted by Gasteiger charge is 2.42. The van der Waals surface area contributed by atoms with E-state index < -0.39 is 0 Å². The summed E-state index contributed by atoms with van der Waals surface area (Å²) >= 11 is 1.91. The van der Waals surface area contributed by atoms with E-state index in [1.165, 1.54) is 5.01 Å². The van der Waals surface area contributed by atoms with Crippen molar-refractivity contribution in [3.8, 4) is 0 Å². The molecule has 0 aromatic carbocycles. The summed E-state index contributed by atoms with van der Waals surface area (Å²) in [6.07, 6.45) is 5.98. The lowest BCUT2D eigenvalue weighted by Gasteiger charge is -2.20. The van der Waals surface area contributed by atoms with Crippen LogP contribution < -0.4 is 32.8 Å². The van der Waals surface area contributed by atoms with Crippen molar-refractivity contribution in [3.05, 3.63) is 0 Å². The van der Waals surface area contributed by atoms with E-state index in [0.29, 0.717) is 24.8 Å². The van der Waals surface area contributed by atoms with Crippen LogP contribution >= 0.6 is 11.8 Å². The molecule has 2 fully saturated rings. The fourth-order valence-electron chi connectivity index (χ4n) is 3.84. The highest BCUT2D eigenvalue weighted by atomic mass is 32.2. The first-order chi connectivity index (χ1) is 14.4. The molecule has 0 saturated carbocycles. The molecule has 2 rings (SSSR count). The van der Waals surface area contributed by atoms with Gasteiger partial charge < -0.3 is 27.0 Å². The molecule has 0 aromatic heterocycles. The van der Waals surface area contributed by atoms with E-state index in [-0.39, 0.29) is 42.5 Å². The SMILES string of the molecule is CNC(=O)CN(N)CC(N)CCCCNC(=O)CCCCC1SCC2NC(=O)NC21. The molecule has 0 radical (unpaired) electrons. The summed E-state index contributed by atoms with van der Waals surface area (Å²) < 4.78 is 0. The molecular formula is C19H37N7O3S. The molecular weight excluding hydrogens is 406 g/mol. The van der Waals surface area contributed by atoms with E-state index >= 15 is 0 Å². The molecule has 4 amide bonds. The number of unbranched alkanes of at least 4 members (excludes halogenated alkanes) is 2. The Hall–Kier alpha value is -1.56. The van der Waals surface area contributed by atoms with E-state index in [1.807, 2.05) is 11.8 Å². The van der Waals surface area contributed by atoms with Gasteiger partial charge in [-0.3, -0.25) is 15.4 Å². The monoisotopic (exact) mass is 443 g/mol. The van der Waals surface area contributed by atoms with Crippen molar-refractivity contribution in [2.45, 2.75) is 68.3 Å². The second-order valence-corrected chi connectivity index (χ2v) is 9.35. The number of carbonyl (C=O) groups excluding carboxylic acids is 3. The van der Waals surface area contributed by atoms with Crippen molar-refractivity contribution >= 4 is 29.6 Å². The van der Waals surface area contributed by atoms with E-state index in [9.17, 15) is 14.4 Å². The van der Waals surface area contributed by atoms with Gasteiger partial charge in [0.05, 0.1) is 18.6 Å². The topological polar surface area (TPSA) is 155 Å². The molecule has 2 aliphatic heterocycles. The van der Waals surface area contributed by atoms with Crippen LogP contribution in [0.3, 0.4) is 0 Å². The van der Waals surface area contributed by atoms with Crippen molar-refractivity contribution in [3.63, 3.8) is 0 Å². The molecule has 0 aliphatic carbocycles. The van der Waals surface area contributed by atoms with E-state index in [0.717, 1.165) is 44.3 Å². The first kappa shape index (κ1) is 24.7. The molecule has 0 aromatic rings. The lowest BCUT2D eigenvalue weighted by atomic mass is 10.0. The van der Waals surface area contributed by atoms with Crippen molar-refractivity contribution in [1.29, 1.82) is 0 Å². The Kier molecular flexibility index (Phi) is 10.7. The average Bonchev–Trinajstić information content (AvgIpc) is 3.24. The zero-order chi connectivity index (χ0) is 21.9. The number of hydrogen-bond acceptors (Lipinski definition) is 7. The predicted molar refractivity (Wildman–Crippen MR) is 119 cm³/mol. The smallest absolute Gasteiger partial charge is 0.315 e. The number of nitrogens with one attached hydrogen (secondary N) is 4. The molecule has 2 aliphatic rings. The highest BCUT2D eigenvalue weighted by Crippen LogP contribution is 2.33. The fourth-order valence-corrected chi connectivity index (χ4v) is 5.39. The summed E-state index contributed by atoms with van der Waals surface area (Å²) in [5.74, 6) is 6.68. The standard InChI is InChI=1S/C19H37N7O3S/c1-22-17(28)11-26(21)10-13(20)6-4-5-9-23-16(27)8-3-2-7-15-18-14(12-30-15)24-19(29)25-18/h13-15,18H,2-12,20-21H2,1H3,(H,22,28)(H,23,27)(H2,24,25,29). The minimum atomic E-state index is -0.138. The summed E-state index contributed by atoms with van der Waals surface area (Å²) in [4.78, 5) is 34.6. The number of urea groups is 1. The van der Waals surface area contributed by atoms with Crippen LogP contribution in [0.4, 0.5) is 4.79 Å². The van der Waals surface area contributed by atoms with Gasteiger partial charge in [-0.15, -0.1) is 0 Å². The number of rotatable bonds is 14. The molecule has 4 unspecified atom stereocenters. The van der Waals surface area contributed by atoms with Gasteiger partial charge in [0.15, 0.2) is 0 Å². The molecule has 0 bridgehead atoms. The van der Waals surface area contributed by atoms with Crippen LogP contribution in [0.15, 0.2) is 0 Å². The summed E-state index contributed by atoms with van der Waals surface area (Å²) in [6, 6.07) is 0.341. The Balaban J connectivity index is 1.43. The van der Waals surface area contributed by atoms with Gasteiger partial charge in [-0.05, 0) is 25.7 Å². The zero-order valence-electron chi connectivity index (χ0n) is 17.8. The van der Waals surface area contributed by atoms with Crippen molar-refractivity contribution in [2.24, 2.45) is 11.6 Å². The number of fused-ring (bicyclic) bond motifs is 1. The maximum absolute atomic E-state index is 12.0. The second-order valence-electron chi connectivity index (χ2n) is 8.08. The van der Waals surface area contributed by atoms with Crippen LogP contribution in [0.1, 0.15) is 44.9 Å². The lowest BCUT2D eigenvalue weighted by molar-refractivity contribution is -0.122. The van der Waals surface area contributed by atoms with Gasteiger partial charge in [-0.2, -0.15) is 11.8 Å². The third-order valence-electron chi connectivity index (χ3n) is 5.50. The van der Waals surface area contributed by atoms with Crippen LogP contribution in [-0.2, 0) is 9.59 Å². The molecule has 8 N–H and O–H groups in total. The van der Waals surface area contributed by atoms with Gasteiger partial charge >= 0.3 is 6.03 Å². The van der Waals surface area contributed by atoms with Crippen molar-refractivity contribution < 1.29 is 14.4 Å². The normalized spacial score (nSPS) is 23.6. The lowest BCUT2D eigenvalue weighted by Crippen LogP contribution is -2.46. The summed E-state index contributed by atoms with van der Waals surface area (Å²) in [5, 5.41) is 13.3. The molecule has 172 valence electrons. The molecule has 2 saturated heterocycles. The number of likely N-dealkylation sites (N-methyl/N-ethyl adjacent to an activating group) is 1. The van der Waals surface area contributed by atoms with Crippen molar-refractivity contribution in [2.75, 3.05) is 32.4 Å². The number of nitrogens with two attached hydrogens (primary N) is 2. The average molecular weight is 444 g/mol. The minimum Gasteiger partial charge on any atom is -0.358 e. The van der Waals surface area contributed by atoms with E-state index in [2.05, 4.69) is 21.3 Å². The number of nitrogens with zero attached hydrogens (tertiary/aromatic N) is 1. The van der Waals surface area contributed by atoms with Crippen LogP contribution in [0.2, 0.25) is 0 Å². The Morgan fingerprint density at radius 2 is 2.03 bits per heavy atom. The molecule has 30 heavy (non-hydrogen) atoms. The van der Waals surface area contributed by atoms with Crippen molar-refractivity contribution in [1.82, 2.24) is 26.3 Å². The molecule has 2 heterocycles. The molecule has 10 nitrogen and oxygen atoms in total. The first-order valence-electron chi connectivity index (χ1n) is 10.8. The highest BCUT2D eigenvalue weighted by molar-refractivity contribution is 8.00. The third kappa shape index (κ3) is 8.66. The van der Waals surface area contributed by atoms with Gasteiger partial charge in [0, 0.05) is 43.6 Å². The quantitative estimate of drug-likeness (QED) is 0.0893. The summed E-state index contributed by atoms with van der Waals surface area (Å²) in [6.45, 7) is 1.24.